The summed E-state index contributed by atoms with van der Waals surface area (Å²) in [5, 5.41) is 1.98. The van der Waals surface area contributed by atoms with E-state index < -0.39 is 0 Å². The van der Waals surface area contributed by atoms with Crippen molar-refractivity contribution in [1.29, 1.82) is 0 Å². The molecule has 2 nitrogen and oxygen atoms in total. The Bertz CT molecular complexity index is 383. The lowest BCUT2D eigenvalue weighted by atomic mass is 10.3. The Labute approximate surface area is 80.8 Å². The number of rotatable bonds is 2. The van der Waals surface area contributed by atoms with Gasteiger partial charge in [0, 0.05) is 17.6 Å². The molecule has 0 saturated heterocycles. The van der Waals surface area contributed by atoms with Crippen molar-refractivity contribution in [2.75, 3.05) is 7.11 Å². The first-order valence-electron chi connectivity index (χ1n) is 3.94. The summed E-state index contributed by atoms with van der Waals surface area (Å²) in [6.45, 7) is 0. The number of hydrogen-bond donors (Lipinski definition) is 0. The molecule has 0 aromatic carbocycles. The van der Waals surface area contributed by atoms with Crippen molar-refractivity contribution in [2.45, 2.75) is 0 Å². The molecule has 3 heteroatoms. The van der Waals surface area contributed by atoms with Gasteiger partial charge in [0.25, 0.3) is 0 Å². The molecule has 2 heterocycles. The molecule has 0 amide bonds. The highest BCUT2D eigenvalue weighted by molar-refractivity contribution is 7.13. The summed E-state index contributed by atoms with van der Waals surface area (Å²) in [7, 11) is 1.67. The molecule has 0 aliphatic carbocycles. The second kappa shape index (κ2) is 3.58. The summed E-state index contributed by atoms with van der Waals surface area (Å²) < 4.78 is 5.10. The number of methoxy groups -OCH3 is 1. The largest absolute Gasteiger partial charge is 0.496 e. The van der Waals surface area contributed by atoms with Gasteiger partial charge in [-0.3, -0.25) is 4.98 Å². The maximum Gasteiger partial charge on any atom is 0.130 e. The molecule has 0 fully saturated rings. The molecular weight excluding hydrogens is 182 g/mol. The van der Waals surface area contributed by atoms with E-state index in [2.05, 4.69) is 4.98 Å². The average molecular weight is 191 g/mol. The molecule has 0 N–H and O–H groups in total. The van der Waals surface area contributed by atoms with Gasteiger partial charge in [0.2, 0.25) is 0 Å². The normalized spacial score (nSPS) is 9.92. The van der Waals surface area contributed by atoms with Crippen LogP contribution in [0, 0.1) is 0 Å². The standard InChI is InChI=1S/C10H9NOS/c1-12-8-6-10(13-7-8)9-4-2-3-5-11-9/h2-7H,1H3. The second-order valence-corrected chi connectivity index (χ2v) is 3.48. The molecule has 13 heavy (non-hydrogen) atoms. The summed E-state index contributed by atoms with van der Waals surface area (Å²) >= 11 is 1.64. The van der Waals surface area contributed by atoms with Gasteiger partial charge in [0.05, 0.1) is 17.7 Å². The van der Waals surface area contributed by atoms with Gasteiger partial charge in [0.1, 0.15) is 5.75 Å². The van der Waals surface area contributed by atoms with Crippen LogP contribution in [0.1, 0.15) is 0 Å². The lowest BCUT2D eigenvalue weighted by Crippen LogP contribution is -1.78. The van der Waals surface area contributed by atoms with E-state index >= 15 is 0 Å². The van der Waals surface area contributed by atoms with Crippen LogP contribution in [0.25, 0.3) is 10.6 Å². The van der Waals surface area contributed by atoms with Gasteiger partial charge in [-0.1, -0.05) is 6.07 Å². The first-order chi connectivity index (χ1) is 6.40. The van der Waals surface area contributed by atoms with Crippen molar-refractivity contribution < 1.29 is 4.74 Å². The van der Waals surface area contributed by atoms with Gasteiger partial charge in [-0.25, -0.2) is 0 Å². The van der Waals surface area contributed by atoms with Gasteiger partial charge in [-0.2, -0.15) is 0 Å². The van der Waals surface area contributed by atoms with Crippen LogP contribution in [0.2, 0.25) is 0 Å². The molecule has 0 unspecified atom stereocenters. The van der Waals surface area contributed by atoms with Gasteiger partial charge >= 0.3 is 0 Å². The molecule has 0 spiro atoms. The van der Waals surface area contributed by atoms with Crippen LogP contribution in [0.4, 0.5) is 0 Å². The molecule has 0 saturated carbocycles. The Kier molecular flexibility index (Phi) is 2.27. The van der Waals surface area contributed by atoms with Crippen LogP contribution in [-0.2, 0) is 0 Å². The lowest BCUT2D eigenvalue weighted by molar-refractivity contribution is 0.417. The van der Waals surface area contributed by atoms with E-state index in [1.807, 2.05) is 29.6 Å². The van der Waals surface area contributed by atoms with Crippen molar-refractivity contribution in [3.63, 3.8) is 0 Å². The van der Waals surface area contributed by atoms with Crippen LogP contribution in [0.3, 0.4) is 0 Å². The number of ether oxygens (including phenoxy) is 1. The fraction of sp³-hybridized carbons (Fsp3) is 0.100. The monoisotopic (exact) mass is 191 g/mol. The predicted octanol–water partition coefficient (Wildman–Crippen LogP) is 2.82. The van der Waals surface area contributed by atoms with E-state index in [9.17, 15) is 0 Å². The minimum atomic E-state index is 0.894. The minimum absolute atomic E-state index is 0.894. The SMILES string of the molecule is COc1csc(-c2ccccn2)c1. The molecule has 0 atom stereocenters. The number of pyridine rings is 1. The zero-order valence-corrected chi connectivity index (χ0v) is 8.04. The number of hydrogen-bond acceptors (Lipinski definition) is 3. The molecule has 2 aromatic rings. The molecule has 0 bridgehead atoms. The molecular formula is C10H9NOS. The van der Waals surface area contributed by atoms with Gasteiger partial charge in [-0.05, 0) is 12.1 Å². The Hall–Kier alpha value is -1.35. The van der Waals surface area contributed by atoms with E-state index in [0.29, 0.717) is 0 Å². The van der Waals surface area contributed by atoms with Crippen molar-refractivity contribution in [3.05, 3.63) is 35.8 Å². The number of thiophene rings is 1. The zero-order chi connectivity index (χ0) is 9.10. The van der Waals surface area contributed by atoms with E-state index in [4.69, 9.17) is 4.74 Å². The van der Waals surface area contributed by atoms with E-state index in [1.54, 1.807) is 24.6 Å². The average Bonchev–Trinajstić information content (AvgIpc) is 2.67. The van der Waals surface area contributed by atoms with E-state index in [0.717, 1.165) is 16.3 Å². The van der Waals surface area contributed by atoms with Crippen molar-refractivity contribution in [2.24, 2.45) is 0 Å². The fourth-order valence-electron chi connectivity index (χ4n) is 1.07. The Balaban J connectivity index is 2.36. The maximum absolute atomic E-state index is 5.10. The summed E-state index contributed by atoms with van der Waals surface area (Å²) in [5.74, 6) is 0.894. The summed E-state index contributed by atoms with van der Waals surface area (Å²) in [5.41, 5.74) is 0.996. The minimum Gasteiger partial charge on any atom is -0.496 e. The highest BCUT2D eigenvalue weighted by atomic mass is 32.1. The Morgan fingerprint density at radius 2 is 2.31 bits per heavy atom. The third-order valence-electron chi connectivity index (χ3n) is 1.73. The molecule has 0 aliphatic rings. The number of nitrogens with zero attached hydrogens (tertiary/aromatic N) is 1. The van der Waals surface area contributed by atoms with Crippen molar-refractivity contribution in [1.82, 2.24) is 4.98 Å². The lowest BCUT2D eigenvalue weighted by Gasteiger charge is -1.93. The maximum atomic E-state index is 5.10. The molecule has 2 rings (SSSR count). The molecule has 66 valence electrons. The van der Waals surface area contributed by atoms with Gasteiger partial charge in [0.15, 0.2) is 0 Å². The Morgan fingerprint density at radius 1 is 1.38 bits per heavy atom. The first kappa shape index (κ1) is 8.26. The molecule has 2 aromatic heterocycles. The van der Waals surface area contributed by atoms with Crippen molar-refractivity contribution in [3.8, 4) is 16.3 Å². The van der Waals surface area contributed by atoms with Gasteiger partial charge in [-0.15, -0.1) is 11.3 Å². The highest BCUT2D eigenvalue weighted by Gasteiger charge is 2.02. The second-order valence-electron chi connectivity index (χ2n) is 2.57. The third-order valence-corrected chi connectivity index (χ3v) is 2.66. The van der Waals surface area contributed by atoms with Crippen LogP contribution < -0.4 is 4.74 Å². The highest BCUT2D eigenvalue weighted by Crippen LogP contribution is 2.29. The molecule has 0 aliphatic heterocycles. The van der Waals surface area contributed by atoms with E-state index in [1.165, 1.54) is 0 Å². The number of aromatic nitrogens is 1. The smallest absolute Gasteiger partial charge is 0.130 e. The van der Waals surface area contributed by atoms with Crippen LogP contribution >= 0.6 is 11.3 Å². The van der Waals surface area contributed by atoms with Crippen LogP contribution in [0.15, 0.2) is 35.8 Å². The van der Waals surface area contributed by atoms with Gasteiger partial charge < -0.3 is 4.74 Å². The third kappa shape index (κ3) is 1.70. The summed E-state index contributed by atoms with van der Waals surface area (Å²) in [6.07, 6.45) is 1.79. The quantitative estimate of drug-likeness (QED) is 0.728. The van der Waals surface area contributed by atoms with Crippen LogP contribution in [-0.4, -0.2) is 12.1 Å². The van der Waals surface area contributed by atoms with E-state index in [-0.39, 0.29) is 0 Å². The first-order valence-corrected chi connectivity index (χ1v) is 4.82. The topological polar surface area (TPSA) is 22.1 Å². The zero-order valence-electron chi connectivity index (χ0n) is 7.23. The Morgan fingerprint density at radius 3 is 2.92 bits per heavy atom. The predicted molar refractivity (Wildman–Crippen MR) is 54.1 cm³/mol. The fourth-order valence-corrected chi connectivity index (χ4v) is 1.90. The molecule has 0 radical (unpaired) electrons. The van der Waals surface area contributed by atoms with Crippen LogP contribution in [0.5, 0.6) is 5.75 Å². The summed E-state index contributed by atoms with van der Waals surface area (Å²) in [4.78, 5) is 5.39. The van der Waals surface area contributed by atoms with Crippen molar-refractivity contribution >= 4 is 11.3 Å². The summed E-state index contributed by atoms with van der Waals surface area (Å²) in [6, 6.07) is 7.88.